The Labute approximate surface area is 116 Å². The highest BCUT2D eigenvalue weighted by Gasteiger charge is 2.12. The first-order valence-electron chi connectivity index (χ1n) is 6.13. The van der Waals surface area contributed by atoms with Crippen LogP contribution in [0, 0.1) is 22.7 Å². The Morgan fingerprint density at radius 1 is 1.40 bits per heavy atom. The molecule has 2 heterocycles. The highest BCUT2D eigenvalue weighted by molar-refractivity contribution is 5.84. The average molecular weight is 267 g/mol. The predicted molar refractivity (Wildman–Crippen MR) is 72.7 cm³/mol. The number of aromatic nitrogens is 3. The molecule has 0 unspecified atom stereocenters. The molecule has 0 aliphatic carbocycles. The van der Waals surface area contributed by atoms with Gasteiger partial charge in [0.05, 0.1) is 11.5 Å². The Morgan fingerprint density at radius 3 is 2.80 bits per heavy atom. The van der Waals surface area contributed by atoms with Crippen LogP contribution in [0.2, 0.25) is 0 Å². The molecule has 0 saturated heterocycles. The van der Waals surface area contributed by atoms with Crippen LogP contribution >= 0.6 is 0 Å². The Morgan fingerprint density at radius 2 is 2.15 bits per heavy atom. The third-order valence-electron chi connectivity index (χ3n) is 2.63. The lowest BCUT2D eigenvalue weighted by atomic mass is 10.1. The Kier molecular flexibility index (Phi) is 3.97. The number of aromatic amines is 1. The van der Waals surface area contributed by atoms with Gasteiger partial charge in [0, 0.05) is 6.20 Å². The van der Waals surface area contributed by atoms with E-state index >= 15 is 0 Å². The van der Waals surface area contributed by atoms with Crippen molar-refractivity contribution in [3.63, 3.8) is 0 Å². The highest BCUT2D eigenvalue weighted by atomic mass is 16.5. The fourth-order valence-electron chi connectivity index (χ4n) is 1.80. The molecule has 2 rings (SSSR count). The summed E-state index contributed by atoms with van der Waals surface area (Å²) in [6.07, 6.45) is 5.24. The van der Waals surface area contributed by atoms with E-state index in [1.165, 1.54) is 6.33 Å². The van der Waals surface area contributed by atoms with Crippen LogP contribution in [0.3, 0.4) is 0 Å². The number of nitriles is 2. The maximum Gasteiger partial charge on any atom is 0.226 e. The van der Waals surface area contributed by atoms with Gasteiger partial charge in [-0.1, -0.05) is 6.08 Å². The van der Waals surface area contributed by atoms with Crippen molar-refractivity contribution in [3.8, 4) is 18.0 Å². The van der Waals surface area contributed by atoms with Gasteiger partial charge in [-0.3, -0.25) is 0 Å². The van der Waals surface area contributed by atoms with Gasteiger partial charge >= 0.3 is 0 Å². The van der Waals surface area contributed by atoms with Gasteiger partial charge in [-0.05, 0) is 25.8 Å². The van der Waals surface area contributed by atoms with Crippen LogP contribution in [-0.2, 0) is 6.42 Å². The predicted octanol–water partition coefficient (Wildman–Crippen LogP) is 2.26. The van der Waals surface area contributed by atoms with Gasteiger partial charge < -0.3 is 9.72 Å². The van der Waals surface area contributed by atoms with Crippen molar-refractivity contribution >= 4 is 11.0 Å². The Hall–Kier alpha value is -2.86. The molecule has 0 radical (unpaired) electrons. The molecule has 0 aliphatic heterocycles. The molecule has 0 saturated carbocycles. The molecule has 6 heteroatoms. The van der Waals surface area contributed by atoms with Gasteiger partial charge in [0.2, 0.25) is 5.88 Å². The number of nitrogens with zero attached hydrogens (tertiary/aromatic N) is 4. The van der Waals surface area contributed by atoms with E-state index in [4.69, 9.17) is 15.3 Å². The zero-order chi connectivity index (χ0) is 14.5. The summed E-state index contributed by atoms with van der Waals surface area (Å²) in [4.78, 5) is 11.3. The van der Waals surface area contributed by atoms with Crippen molar-refractivity contribution in [1.82, 2.24) is 15.0 Å². The first-order valence-corrected chi connectivity index (χ1v) is 6.13. The van der Waals surface area contributed by atoms with E-state index in [-0.39, 0.29) is 11.7 Å². The number of hydrogen-bond acceptors (Lipinski definition) is 5. The normalized spacial score (nSPS) is 10.1. The summed E-state index contributed by atoms with van der Waals surface area (Å²) in [6, 6.07) is 3.67. The number of H-pyrrole nitrogens is 1. The largest absolute Gasteiger partial charge is 0.474 e. The van der Waals surface area contributed by atoms with E-state index in [1.807, 2.05) is 26.0 Å². The summed E-state index contributed by atoms with van der Waals surface area (Å²) in [6.45, 7) is 3.84. The molecule has 0 aromatic carbocycles. The standard InChI is InChI=1S/C14H13N5O/c1-9(2)20-14-12-11(4-3-10(5-15)6-16)7-17-13(12)18-8-19-14/h3,7-9H,4H2,1-2H3,(H,17,18,19). The molecule has 1 N–H and O–H groups in total. The van der Waals surface area contributed by atoms with Gasteiger partial charge in [-0.25, -0.2) is 9.97 Å². The molecule has 20 heavy (non-hydrogen) atoms. The molecular weight excluding hydrogens is 254 g/mol. The Bertz CT molecular complexity index is 714. The molecule has 2 aromatic heterocycles. The number of rotatable bonds is 4. The molecule has 0 atom stereocenters. The summed E-state index contributed by atoms with van der Waals surface area (Å²) >= 11 is 0. The van der Waals surface area contributed by atoms with E-state index in [0.29, 0.717) is 17.9 Å². The third-order valence-corrected chi connectivity index (χ3v) is 2.63. The summed E-state index contributed by atoms with van der Waals surface area (Å²) in [5.41, 5.74) is 1.65. The van der Waals surface area contributed by atoms with Crippen LogP contribution in [0.5, 0.6) is 5.88 Å². The number of ether oxygens (including phenoxy) is 1. The molecule has 0 bridgehead atoms. The SMILES string of the molecule is CC(C)Oc1ncnc2[nH]cc(CC=C(C#N)C#N)c12. The molecule has 100 valence electrons. The zero-order valence-electron chi connectivity index (χ0n) is 11.2. The molecule has 2 aromatic rings. The molecular formula is C14H13N5O. The first kappa shape index (κ1) is 13.6. The zero-order valence-corrected chi connectivity index (χ0v) is 11.2. The lowest BCUT2D eigenvalue weighted by molar-refractivity contribution is 0.235. The number of nitrogens with one attached hydrogen (secondary N) is 1. The van der Waals surface area contributed by atoms with Crippen molar-refractivity contribution in [2.24, 2.45) is 0 Å². The monoisotopic (exact) mass is 267 g/mol. The topological polar surface area (TPSA) is 98.4 Å². The lowest BCUT2D eigenvalue weighted by Crippen LogP contribution is -2.07. The minimum atomic E-state index is 0.000157. The smallest absolute Gasteiger partial charge is 0.226 e. The van der Waals surface area contributed by atoms with Crippen LogP contribution < -0.4 is 4.74 Å². The van der Waals surface area contributed by atoms with Crippen molar-refractivity contribution in [2.75, 3.05) is 0 Å². The van der Waals surface area contributed by atoms with E-state index < -0.39 is 0 Å². The molecule has 6 nitrogen and oxygen atoms in total. The van der Waals surface area contributed by atoms with Crippen LogP contribution in [0.1, 0.15) is 19.4 Å². The summed E-state index contributed by atoms with van der Waals surface area (Å²) in [5, 5.41) is 18.3. The van der Waals surface area contributed by atoms with Crippen molar-refractivity contribution in [3.05, 3.63) is 29.7 Å². The van der Waals surface area contributed by atoms with Gasteiger partial charge in [-0.15, -0.1) is 0 Å². The number of fused-ring (bicyclic) bond motifs is 1. The Balaban J connectivity index is 2.43. The number of hydrogen-bond donors (Lipinski definition) is 1. The lowest BCUT2D eigenvalue weighted by Gasteiger charge is -2.09. The van der Waals surface area contributed by atoms with E-state index in [2.05, 4.69) is 15.0 Å². The molecule has 0 spiro atoms. The van der Waals surface area contributed by atoms with Crippen LogP contribution in [0.4, 0.5) is 0 Å². The fraction of sp³-hybridized carbons (Fsp3) is 0.286. The molecule has 0 fully saturated rings. The maximum absolute atomic E-state index is 8.74. The van der Waals surface area contributed by atoms with Gasteiger partial charge in [0.1, 0.15) is 29.7 Å². The van der Waals surface area contributed by atoms with Crippen LogP contribution in [0.25, 0.3) is 11.0 Å². The first-order chi connectivity index (χ1) is 9.65. The second-order valence-corrected chi connectivity index (χ2v) is 4.43. The highest BCUT2D eigenvalue weighted by Crippen LogP contribution is 2.26. The van der Waals surface area contributed by atoms with Gasteiger partial charge in [0.25, 0.3) is 0 Å². The van der Waals surface area contributed by atoms with Gasteiger partial charge in [0.15, 0.2) is 0 Å². The summed E-state index contributed by atoms with van der Waals surface area (Å²) in [5.74, 6) is 0.505. The van der Waals surface area contributed by atoms with Gasteiger partial charge in [-0.2, -0.15) is 10.5 Å². The molecule has 0 amide bonds. The summed E-state index contributed by atoms with van der Waals surface area (Å²) < 4.78 is 5.66. The van der Waals surface area contributed by atoms with Crippen LogP contribution in [-0.4, -0.2) is 21.1 Å². The third kappa shape index (κ3) is 2.76. The van der Waals surface area contributed by atoms with Crippen LogP contribution in [0.15, 0.2) is 24.2 Å². The minimum Gasteiger partial charge on any atom is -0.474 e. The average Bonchev–Trinajstić information content (AvgIpc) is 2.84. The van der Waals surface area contributed by atoms with E-state index in [9.17, 15) is 0 Å². The molecule has 0 aliphatic rings. The maximum atomic E-state index is 8.74. The van der Waals surface area contributed by atoms with Crippen molar-refractivity contribution in [1.29, 1.82) is 10.5 Å². The summed E-state index contributed by atoms with van der Waals surface area (Å²) in [7, 11) is 0. The van der Waals surface area contributed by atoms with Crippen molar-refractivity contribution in [2.45, 2.75) is 26.4 Å². The second kappa shape index (κ2) is 5.85. The van der Waals surface area contributed by atoms with Crippen molar-refractivity contribution < 1.29 is 4.74 Å². The van der Waals surface area contributed by atoms with E-state index in [0.717, 1.165) is 10.9 Å². The quantitative estimate of drug-likeness (QED) is 0.856. The number of allylic oxidation sites excluding steroid dienone is 2. The second-order valence-electron chi connectivity index (χ2n) is 4.43. The minimum absolute atomic E-state index is 0.000157. The van der Waals surface area contributed by atoms with E-state index in [1.54, 1.807) is 12.3 Å². The fourth-order valence-corrected chi connectivity index (χ4v) is 1.80.